The number of hydrogen-bond acceptors (Lipinski definition) is 5. The first-order valence-electron chi connectivity index (χ1n) is 6.60. The summed E-state index contributed by atoms with van der Waals surface area (Å²) in [5.74, 6) is -0.242. The minimum Gasteiger partial charge on any atom is -0.508 e. The van der Waals surface area contributed by atoms with Crippen molar-refractivity contribution >= 4 is 11.6 Å². The molecule has 2 rings (SSSR count). The standard InChI is InChI=1S/C14H21N3O3/c1-16(2)7-9-5-11(19)8-17(9)14(20)12-6-10(18)3-4-13(12)15/h3-4,6,9,11,18-19H,5,7-8,15H2,1-2H3. The maximum atomic E-state index is 12.6. The molecule has 1 aromatic rings. The summed E-state index contributed by atoms with van der Waals surface area (Å²) in [5, 5.41) is 19.3. The third-order valence-electron chi connectivity index (χ3n) is 3.50. The number of anilines is 1. The molecular weight excluding hydrogens is 258 g/mol. The predicted octanol–water partition coefficient (Wildman–Crippen LogP) is 0.111. The largest absolute Gasteiger partial charge is 0.508 e. The molecule has 110 valence electrons. The summed E-state index contributed by atoms with van der Waals surface area (Å²) in [7, 11) is 3.85. The van der Waals surface area contributed by atoms with Crippen LogP contribution in [0.2, 0.25) is 0 Å². The van der Waals surface area contributed by atoms with Crippen LogP contribution >= 0.6 is 0 Å². The summed E-state index contributed by atoms with van der Waals surface area (Å²) in [6.07, 6.45) is 0.0465. The van der Waals surface area contributed by atoms with Crippen LogP contribution in [0.15, 0.2) is 18.2 Å². The summed E-state index contributed by atoms with van der Waals surface area (Å²) < 4.78 is 0. The normalized spacial score (nSPS) is 22.5. The van der Waals surface area contributed by atoms with Crippen molar-refractivity contribution in [3.63, 3.8) is 0 Å². The number of nitrogens with two attached hydrogens (primary N) is 1. The van der Waals surface area contributed by atoms with Gasteiger partial charge in [-0.15, -0.1) is 0 Å². The van der Waals surface area contributed by atoms with Gasteiger partial charge in [0.25, 0.3) is 5.91 Å². The van der Waals surface area contributed by atoms with Crippen LogP contribution in [0, 0.1) is 0 Å². The first-order valence-corrected chi connectivity index (χ1v) is 6.60. The number of hydrogen-bond donors (Lipinski definition) is 3. The quantitative estimate of drug-likeness (QED) is 0.540. The molecule has 6 nitrogen and oxygen atoms in total. The maximum Gasteiger partial charge on any atom is 0.256 e. The molecule has 2 atom stereocenters. The van der Waals surface area contributed by atoms with Gasteiger partial charge in [0.15, 0.2) is 0 Å². The van der Waals surface area contributed by atoms with E-state index >= 15 is 0 Å². The molecular formula is C14H21N3O3. The van der Waals surface area contributed by atoms with Gasteiger partial charge in [0.2, 0.25) is 0 Å². The van der Waals surface area contributed by atoms with Crippen LogP contribution in [0.25, 0.3) is 0 Å². The minimum absolute atomic E-state index is 0.00598. The van der Waals surface area contributed by atoms with Gasteiger partial charge in [-0.2, -0.15) is 0 Å². The summed E-state index contributed by atoms with van der Waals surface area (Å²) in [6.45, 7) is 0.980. The second-order valence-electron chi connectivity index (χ2n) is 5.53. The van der Waals surface area contributed by atoms with E-state index in [1.165, 1.54) is 18.2 Å². The average molecular weight is 279 g/mol. The average Bonchev–Trinajstić information content (AvgIpc) is 2.71. The Morgan fingerprint density at radius 1 is 1.50 bits per heavy atom. The van der Waals surface area contributed by atoms with E-state index in [0.29, 0.717) is 25.2 Å². The van der Waals surface area contributed by atoms with Crippen molar-refractivity contribution < 1.29 is 15.0 Å². The molecule has 1 saturated heterocycles. The molecule has 0 aromatic heterocycles. The zero-order valence-corrected chi connectivity index (χ0v) is 11.8. The van der Waals surface area contributed by atoms with Crippen LogP contribution in [0.3, 0.4) is 0 Å². The topological polar surface area (TPSA) is 90.0 Å². The highest BCUT2D eigenvalue weighted by molar-refractivity contribution is 5.99. The lowest BCUT2D eigenvalue weighted by molar-refractivity contribution is 0.0700. The van der Waals surface area contributed by atoms with Crippen molar-refractivity contribution in [2.24, 2.45) is 0 Å². The SMILES string of the molecule is CN(C)CC1CC(O)CN1C(=O)c1cc(O)ccc1N. The van der Waals surface area contributed by atoms with Crippen molar-refractivity contribution in [3.8, 4) is 5.75 Å². The molecule has 6 heteroatoms. The molecule has 0 aliphatic carbocycles. The van der Waals surface area contributed by atoms with E-state index in [2.05, 4.69) is 0 Å². The van der Waals surface area contributed by atoms with Gasteiger partial charge in [0.1, 0.15) is 5.75 Å². The number of phenols is 1. The van der Waals surface area contributed by atoms with Crippen molar-refractivity contribution in [2.75, 3.05) is 32.9 Å². The monoisotopic (exact) mass is 279 g/mol. The second kappa shape index (κ2) is 5.68. The number of nitrogens with zero attached hydrogens (tertiary/aromatic N) is 2. The number of likely N-dealkylation sites (tertiary alicyclic amines) is 1. The number of benzene rings is 1. The number of aromatic hydroxyl groups is 1. The van der Waals surface area contributed by atoms with Crippen LogP contribution in [-0.2, 0) is 0 Å². The van der Waals surface area contributed by atoms with Gasteiger partial charge < -0.3 is 25.7 Å². The predicted molar refractivity (Wildman–Crippen MR) is 76.5 cm³/mol. The molecule has 1 amide bonds. The smallest absolute Gasteiger partial charge is 0.256 e. The van der Waals surface area contributed by atoms with Crippen LogP contribution < -0.4 is 5.73 Å². The van der Waals surface area contributed by atoms with Crippen molar-refractivity contribution in [1.82, 2.24) is 9.80 Å². The van der Waals surface area contributed by atoms with E-state index in [9.17, 15) is 15.0 Å². The molecule has 2 unspecified atom stereocenters. The van der Waals surface area contributed by atoms with Crippen LogP contribution in [0.4, 0.5) is 5.69 Å². The number of amides is 1. The number of aliphatic hydroxyl groups is 1. The fourth-order valence-corrected chi connectivity index (χ4v) is 2.62. The first kappa shape index (κ1) is 14.6. The number of nitrogen functional groups attached to an aromatic ring is 1. The number of carbonyl (C=O) groups is 1. The van der Waals surface area contributed by atoms with E-state index in [1.54, 1.807) is 4.90 Å². The third kappa shape index (κ3) is 3.02. The molecule has 1 aliphatic rings. The Bertz CT molecular complexity index is 504. The van der Waals surface area contributed by atoms with E-state index in [1.807, 2.05) is 19.0 Å². The zero-order valence-electron chi connectivity index (χ0n) is 11.8. The van der Waals surface area contributed by atoms with E-state index < -0.39 is 6.10 Å². The summed E-state index contributed by atoms with van der Waals surface area (Å²) in [6, 6.07) is 4.28. The third-order valence-corrected chi connectivity index (χ3v) is 3.50. The molecule has 0 spiro atoms. The lowest BCUT2D eigenvalue weighted by Gasteiger charge is -2.27. The molecule has 1 fully saturated rings. The lowest BCUT2D eigenvalue weighted by atomic mass is 10.1. The number of rotatable bonds is 3. The highest BCUT2D eigenvalue weighted by atomic mass is 16.3. The Kier molecular flexibility index (Phi) is 4.15. The number of aliphatic hydroxyl groups excluding tert-OH is 1. The molecule has 1 heterocycles. The molecule has 4 N–H and O–H groups in total. The Labute approximate surface area is 118 Å². The van der Waals surface area contributed by atoms with Gasteiger partial charge in [0.05, 0.1) is 11.7 Å². The lowest BCUT2D eigenvalue weighted by Crippen LogP contribution is -2.41. The van der Waals surface area contributed by atoms with Gasteiger partial charge in [0, 0.05) is 24.8 Å². The zero-order chi connectivity index (χ0) is 14.9. The highest BCUT2D eigenvalue weighted by Crippen LogP contribution is 2.25. The Hall–Kier alpha value is -1.79. The van der Waals surface area contributed by atoms with Gasteiger partial charge in [-0.05, 0) is 38.7 Å². The Morgan fingerprint density at radius 2 is 2.20 bits per heavy atom. The van der Waals surface area contributed by atoms with Crippen LogP contribution in [0.1, 0.15) is 16.8 Å². The summed E-state index contributed by atoms with van der Waals surface area (Å²) in [4.78, 5) is 16.2. The molecule has 1 aromatic carbocycles. The number of β-amino-alcohol motifs (C(OH)–C–C–N with tert-alkyl or cyclic N) is 1. The molecule has 0 radical (unpaired) electrons. The first-order chi connectivity index (χ1) is 9.38. The number of phenolic OH excluding ortho intramolecular Hbond substituents is 1. The second-order valence-corrected chi connectivity index (χ2v) is 5.53. The van der Waals surface area contributed by atoms with Crippen molar-refractivity contribution in [3.05, 3.63) is 23.8 Å². The van der Waals surface area contributed by atoms with Crippen LogP contribution in [0.5, 0.6) is 5.75 Å². The van der Waals surface area contributed by atoms with Gasteiger partial charge >= 0.3 is 0 Å². The highest BCUT2D eigenvalue weighted by Gasteiger charge is 2.35. The fourth-order valence-electron chi connectivity index (χ4n) is 2.62. The minimum atomic E-state index is -0.512. The van der Waals surface area contributed by atoms with Gasteiger partial charge in [-0.3, -0.25) is 4.79 Å². The van der Waals surface area contributed by atoms with E-state index in [-0.39, 0.29) is 23.3 Å². The summed E-state index contributed by atoms with van der Waals surface area (Å²) >= 11 is 0. The molecule has 20 heavy (non-hydrogen) atoms. The van der Waals surface area contributed by atoms with Gasteiger partial charge in [-0.1, -0.05) is 0 Å². The Morgan fingerprint density at radius 3 is 2.85 bits per heavy atom. The molecule has 0 bridgehead atoms. The maximum absolute atomic E-state index is 12.6. The fraction of sp³-hybridized carbons (Fsp3) is 0.500. The van der Waals surface area contributed by atoms with E-state index in [4.69, 9.17) is 5.73 Å². The van der Waals surface area contributed by atoms with Crippen LogP contribution in [-0.4, -0.2) is 65.3 Å². The summed E-state index contributed by atoms with van der Waals surface area (Å²) in [5.41, 5.74) is 6.42. The van der Waals surface area contributed by atoms with Crippen molar-refractivity contribution in [1.29, 1.82) is 0 Å². The van der Waals surface area contributed by atoms with Crippen molar-refractivity contribution in [2.45, 2.75) is 18.6 Å². The molecule has 1 aliphatic heterocycles. The van der Waals surface area contributed by atoms with E-state index in [0.717, 1.165) is 0 Å². The van der Waals surface area contributed by atoms with Gasteiger partial charge in [-0.25, -0.2) is 0 Å². The number of carbonyl (C=O) groups excluding carboxylic acids is 1. The Balaban J connectivity index is 2.24. The molecule has 0 saturated carbocycles. The number of likely N-dealkylation sites (N-methyl/N-ethyl adjacent to an activating group) is 1.